The Kier molecular flexibility index (Phi) is 12.9. The molecule has 1 atom stereocenters. The average Bonchev–Trinajstić information content (AvgIpc) is 2.50. The second kappa shape index (κ2) is 14.4. The van der Waals surface area contributed by atoms with Crippen molar-refractivity contribution in [2.45, 2.75) is 13.8 Å². The molecule has 1 rings (SSSR count). The molecular formula is C16H33NO5. The molecule has 0 aromatic rings. The molecule has 0 saturated carbocycles. The van der Waals surface area contributed by atoms with Crippen LogP contribution in [0.15, 0.2) is 0 Å². The van der Waals surface area contributed by atoms with E-state index in [-0.39, 0.29) is 0 Å². The standard InChI is InChI=1S/C16H33NO5/c1-15(2)16-13-21-6-4-17-3-5-18-7-8-19-9-10-20-11-12-22-14-16/h15-17H,3-14H2,1-2H3. The summed E-state index contributed by atoms with van der Waals surface area (Å²) < 4.78 is 27.8. The summed E-state index contributed by atoms with van der Waals surface area (Å²) in [6.45, 7) is 12.6. The van der Waals surface area contributed by atoms with Gasteiger partial charge in [-0.15, -0.1) is 0 Å². The van der Waals surface area contributed by atoms with Crippen molar-refractivity contribution in [2.75, 3.05) is 79.2 Å². The Morgan fingerprint density at radius 2 is 1.05 bits per heavy atom. The summed E-state index contributed by atoms with van der Waals surface area (Å²) in [5.41, 5.74) is 0. The third-order valence-electron chi connectivity index (χ3n) is 3.57. The van der Waals surface area contributed by atoms with Gasteiger partial charge < -0.3 is 29.0 Å². The first-order valence-electron chi connectivity index (χ1n) is 8.40. The van der Waals surface area contributed by atoms with Crippen LogP contribution in [0.2, 0.25) is 0 Å². The first-order chi connectivity index (χ1) is 10.8. The minimum Gasteiger partial charge on any atom is -0.380 e. The van der Waals surface area contributed by atoms with Gasteiger partial charge in [0.1, 0.15) is 0 Å². The quantitative estimate of drug-likeness (QED) is 0.776. The van der Waals surface area contributed by atoms with Crippen molar-refractivity contribution in [2.24, 2.45) is 11.8 Å². The average molecular weight is 319 g/mol. The molecule has 1 fully saturated rings. The largest absolute Gasteiger partial charge is 0.380 e. The molecule has 0 aromatic carbocycles. The normalized spacial score (nSPS) is 26.0. The summed E-state index contributed by atoms with van der Waals surface area (Å²) in [6.07, 6.45) is 0. The van der Waals surface area contributed by atoms with Crippen LogP contribution in [0.3, 0.4) is 0 Å². The second-order valence-corrected chi connectivity index (χ2v) is 5.74. The van der Waals surface area contributed by atoms with Crippen molar-refractivity contribution < 1.29 is 23.7 Å². The maximum atomic E-state index is 5.74. The van der Waals surface area contributed by atoms with Crippen LogP contribution in [-0.2, 0) is 23.7 Å². The van der Waals surface area contributed by atoms with E-state index < -0.39 is 0 Å². The van der Waals surface area contributed by atoms with Gasteiger partial charge in [-0.3, -0.25) is 0 Å². The predicted octanol–water partition coefficient (Wildman–Crippen LogP) is 0.945. The van der Waals surface area contributed by atoms with E-state index in [0.29, 0.717) is 58.1 Å². The van der Waals surface area contributed by atoms with Gasteiger partial charge in [0.25, 0.3) is 0 Å². The Morgan fingerprint density at radius 3 is 1.59 bits per heavy atom. The minimum atomic E-state index is 0.425. The van der Waals surface area contributed by atoms with E-state index in [9.17, 15) is 0 Å². The summed E-state index contributed by atoms with van der Waals surface area (Å²) >= 11 is 0. The van der Waals surface area contributed by atoms with Crippen molar-refractivity contribution in [1.82, 2.24) is 5.32 Å². The summed E-state index contributed by atoms with van der Waals surface area (Å²) in [7, 11) is 0. The maximum Gasteiger partial charge on any atom is 0.0701 e. The van der Waals surface area contributed by atoms with Crippen molar-refractivity contribution in [1.29, 1.82) is 0 Å². The van der Waals surface area contributed by atoms with E-state index in [0.717, 1.165) is 32.9 Å². The number of hydrogen-bond acceptors (Lipinski definition) is 6. The molecule has 0 aliphatic carbocycles. The van der Waals surface area contributed by atoms with E-state index in [1.165, 1.54) is 0 Å². The Morgan fingerprint density at radius 1 is 0.636 bits per heavy atom. The SMILES string of the molecule is CC(C)C1COCCNCCOCCOCCOCCOC1. The van der Waals surface area contributed by atoms with Gasteiger partial charge in [0.05, 0.1) is 66.1 Å². The second-order valence-electron chi connectivity index (χ2n) is 5.74. The predicted molar refractivity (Wildman–Crippen MR) is 85.3 cm³/mol. The van der Waals surface area contributed by atoms with Crippen LogP contribution in [0.1, 0.15) is 13.8 Å². The molecule has 0 spiro atoms. The van der Waals surface area contributed by atoms with Gasteiger partial charge in [0.2, 0.25) is 0 Å². The molecule has 1 N–H and O–H groups in total. The highest BCUT2D eigenvalue weighted by Crippen LogP contribution is 2.11. The van der Waals surface area contributed by atoms with Crippen LogP contribution < -0.4 is 5.32 Å². The summed E-state index contributed by atoms with van der Waals surface area (Å²) in [5.74, 6) is 0.971. The minimum absolute atomic E-state index is 0.425. The lowest BCUT2D eigenvalue weighted by atomic mass is 9.98. The fourth-order valence-corrected chi connectivity index (χ4v) is 1.98. The third kappa shape index (κ3) is 11.3. The number of rotatable bonds is 1. The van der Waals surface area contributed by atoms with E-state index >= 15 is 0 Å². The molecule has 1 unspecified atom stereocenters. The van der Waals surface area contributed by atoms with Crippen molar-refractivity contribution >= 4 is 0 Å². The molecule has 6 heteroatoms. The Hall–Kier alpha value is -0.240. The summed E-state index contributed by atoms with van der Waals surface area (Å²) in [5, 5.41) is 3.30. The van der Waals surface area contributed by atoms with Gasteiger partial charge >= 0.3 is 0 Å². The van der Waals surface area contributed by atoms with Gasteiger partial charge in [0, 0.05) is 19.0 Å². The molecule has 0 radical (unpaired) electrons. The van der Waals surface area contributed by atoms with E-state index in [1.807, 2.05) is 0 Å². The van der Waals surface area contributed by atoms with Crippen LogP contribution in [-0.4, -0.2) is 79.2 Å². The Labute approximate surface area is 134 Å². The third-order valence-corrected chi connectivity index (χ3v) is 3.57. The number of hydrogen-bond donors (Lipinski definition) is 1. The van der Waals surface area contributed by atoms with Gasteiger partial charge in [-0.05, 0) is 5.92 Å². The molecular weight excluding hydrogens is 286 g/mol. The monoisotopic (exact) mass is 319 g/mol. The van der Waals surface area contributed by atoms with E-state index in [4.69, 9.17) is 23.7 Å². The molecule has 0 bridgehead atoms. The lowest BCUT2D eigenvalue weighted by Gasteiger charge is -2.21. The topological polar surface area (TPSA) is 58.2 Å². The van der Waals surface area contributed by atoms with Crippen LogP contribution in [0, 0.1) is 11.8 Å². The maximum absolute atomic E-state index is 5.74. The molecule has 6 nitrogen and oxygen atoms in total. The van der Waals surface area contributed by atoms with Crippen LogP contribution in [0.5, 0.6) is 0 Å². The highest BCUT2D eigenvalue weighted by Gasteiger charge is 2.13. The molecule has 22 heavy (non-hydrogen) atoms. The first kappa shape index (κ1) is 19.8. The highest BCUT2D eigenvalue weighted by atomic mass is 16.6. The van der Waals surface area contributed by atoms with Crippen LogP contribution >= 0.6 is 0 Å². The fourth-order valence-electron chi connectivity index (χ4n) is 1.98. The summed E-state index contributed by atoms with van der Waals surface area (Å²) in [4.78, 5) is 0. The molecule has 0 amide bonds. The van der Waals surface area contributed by atoms with E-state index in [1.54, 1.807) is 0 Å². The molecule has 1 heterocycles. The van der Waals surface area contributed by atoms with Gasteiger partial charge in [-0.1, -0.05) is 13.8 Å². The van der Waals surface area contributed by atoms with Crippen LogP contribution in [0.25, 0.3) is 0 Å². The zero-order chi connectivity index (χ0) is 15.9. The number of ether oxygens (including phenoxy) is 5. The molecule has 1 saturated heterocycles. The van der Waals surface area contributed by atoms with Gasteiger partial charge in [-0.2, -0.15) is 0 Å². The van der Waals surface area contributed by atoms with Crippen LogP contribution in [0.4, 0.5) is 0 Å². The molecule has 1 aliphatic rings. The lowest BCUT2D eigenvalue weighted by Crippen LogP contribution is -2.27. The Balaban J connectivity index is 2.21. The smallest absolute Gasteiger partial charge is 0.0701 e. The molecule has 132 valence electrons. The number of nitrogens with one attached hydrogen (secondary N) is 1. The highest BCUT2D eigenvalue weighted by molar-refractivity contribution is 4.62. The van der Waals surface area contributed by atoms with Crippen molar-refractivity contribution in [3.05, 3.63) is 0 Å². The zero-order valence-corrected chi connectivity index (χ0v) is 14.2. The summed E-state index contributed by atoms with van der Waals surface area (Å²) in [6, 6.07) is 0. The van der Waals surface area contributed by atoms with Crippen molar-refractivity contribution in [3.63, 3.8) is 0 Å². The Bertz CT molecular complexity index is 221. The molecule has 1 aliphatic heterocycles. The van der Waals surface area contributed by atoms with E-state index in [2.05, 4.69) is 19.2 Å². The lowest BCUT2D eigenvalue weighted by molar-refractivity contribution is -0.0164. The zero-order valence-electron chi connectivity index (χ0n) is 14.2. The first-order valence-corrected chi connectivity index (χ1v) is 8.40. The van der Waals surface area contributed by atoms with Crippen molar-refractivity contribution in [3.8, 4) is 0 Å². The van der Waals surface area contributed by atoms with Gasteiger partial charge in [-0.25, -0.2) is 0 Å². The van der Waals surface area contributed by atoms with Gasteiger partial charge in [0.15, 0.2) is 0 Å². The molecule has 0 aromatic heterocycles. The fraction of sp³-hybridized carbons (Fsp3) is 1.00.